The maximum atomic E-state index is 10.4. The molecule has 9 heavy (non-hydrogen) atoms. The zero-order valence-electron chi connectivity index (χ0n) is 4.92. The summed E-state index contributed by atoms with van der Waals surface area (Å²) in [5, 5.41) is 0. The fraction of sp³-hybridized carbons (Fsp3) is 1.00. The summed E-state index contributed by atoms with van der Waals surface area (Å²) in [6.45, 7) is 1.66. The summed E-state index contributed by atoms with van der Waals surface area (Å²) < 4.78 is 22.9. The first-order valence-electron chi connectivity index (χ1n) is 2.70. The molecule has 1 rings (SSSR count). The van der Waals surface area contributed by atoms with E-state index in [1.54, 1.807) is 4.31 Å². The van der Waals surface area contributed by atoms with Gasteiger partial charge in [-0.3, -0.25) is 0 Å². The zero-order chi connectivity index (χ0) is 6.69. The van der Waals surface area contributed by atoms with E-state index >= 15 is 0 Å². The van der Waals surface area contributed by atoms with Crippen molar-refractivity contribution in [2.75, 3.05) is 21.9 Å². The van der Waals surface area contributed by atoms with Crippen molar-refractivity contribution >= 4 is 11.3 Å². The molecule has 1 fully saturated rings. The summed E-state index contributed by atoms with van der Waals surface area (Å²) in [7, 11) is 0. The van der Waals surface area contributed by atoms with Crippen molar-refractivity contribution in [2.24, 2.45) is 0 Å². The van der Waals surface area contributed by atoms with E-state index in [1.807, 2.05) is 0 Å². The Kier molecular flexibility index (Phi) is 3.38. The van der Waals surface area contributed by atoms with Crippen molar-refractivity contribution in [3.63, 3.8) is 0 Å². The number of hydrogen-bond donors (Lipinski definition) is 1. The molecule has 0 aromatic carbocycles. The van der Waals surface area contributed by atoms with Gasteiger partial charge in [-0.25, -0.2) is 0 Å². The van der Waals surface area contributed by atoms with E-state index in [2.05, 4.69) is 0 Å². The number of rotatable bonds is 1. The molecule has 0 radical (unpaired) electrons. The van der Waals surface area contributed by atoms with Gasteiger partial charge in [-0.2, -0.15) is 0 Å². The molecule has 0 saturated carbocycles. The SMILES string of the molecule is O=S(O)N1CC[I-]CC1. The van der Waals surface area contributed by atoms with Gasteiger partial charge in [-0.1, -0.05) is 0 Å². The van der Waals surface area contributed by atoms with Crippen LogP contribution in [0.5, 0.6) is 0 Å². The van der Waals surface area contributed by atoms with Gasteiger partial charge in [0.05, 0.1) is 0 Å². The molecular formula is C4H9INO2S-. The Bertz CT molecular complexity index is 115. The zero-order valence-corrected chi connectivity index (χ0v) is 7.89. The summed E-state index contributed by atoms with van der Waals surface area (Å²) in [6, 6.07) is 0. The van der Waals surface area contributed by atoms with Gasteiger partial charge in [0.1, 0.15) is 0 Å². The molecule has 5 heteroatoms. The molecule has 56 valence electrons. The van der Waals surface area contributed by atoms with E-state index in [9.17, 15) is 4.21 Å². The molecule has 0 aliphatic carbocycles. The van der Waals surface area contributed by atoms with Crippen LogP contribution in [0, 0.1) is 0 Å². The first-order valence-corrected chi connectivity index (χ1v) is 6.81. The Balaban J connectivity index is 2.31. The second kappa shape index (κ2) is 3.85. The Morgan fingerprint density at radius 2 is 2.00 bits per heavy atom. The Labute approximate surface area is 67.5 Å². The van der Waals surface area contributed by atoms with E-state index in [0.717, 1.165) is 13.1 Å². The van der Waals surface area contributed by atoms with Crippen molar-refractivity contribution in [3.8, 4) is 0 Å². The van der Waals surface area contributed by atoms with Crippen LogP contribution in [-0.4, -0.2) is 35.0 Å². The molecule has 0 amide bonds. The van der Waals surface area contributed by atoms with E-state index in [0.29, 0.717) is 21.2 Å². The van der Waals surface area contributed by atoms with Crippen molar-refractivity contribution in [2.45, 2.75) is 0 Å². The van der Waals surface area contributed by atoms with Crippen LogP contribution >= 0.6 is 0 Å². The molecule has 0 bridgehead atoms. The minimum atomic E-state index is -1.70. The molecule has 0 aromatic rings. The minimum absolute atomic E-state index is 0.375. The Morgan fingerprint density at radius 3 is 2.33 bits per heavy atom. The van der Waals surface area contributed by atoms with Gasteiger partial charge in [-0.15, -0.1) is 0 Å². The van der Waals surface area contributed by atoms with Gasteiger partial charge >= 0.3 is 67.5 Å². The van der Waals surface area contributed by atoms with Crippen LogP contribution in [0.4, 0.5) is 0 Å². The van der Waals surface area contributed by atoms with Gasteiger partial charge < -0.3 is 0 Å². The van der Waals surface area contributed by atoms with E-state index in [4.69, 9.17) is 4.55 Å². The molecule has 1 unspecified atom stereocenters. The summed E-state index contributed by atoms with van der Waals surface area (Å²) in [5.41, 5.74) is 0. The Hall–Kier alpha value is 0.800. The molecule has 1 aliphatic rings. The molecule has 1 N–H and O–H groups in total. The number of hydrogen-bond acceptors (Lipinski definition) is 1. The fourth-order valence-corrected chi connectivity index (χ4v) is 4.21. The van der Waals surface area contributed by atoms with Gasteiger partial charge in [0, 0.05) is 0 Å². The molecule has 0 spiro atoms. The first-order chi connectivity index (χ1) is 4.30. The number of halogens is 1. The van der Waals surface area contributed by atoms with Crippen LogP contribution in [0.3, 0.4) is 0 Å². The van der Waals surface area contributed by atoms with Gasteiger partial charge in [0.25, 0.3) is 0 Å². The van der Waals surface area contributed by atoms with Crippen LogP contribution < -0.4 is 21.2 Å². The monoisotopic (exact) mass is 262 g/mol. The molecule has 1 atom stereocenters. The topological polar surface area (TPSA) is 40.5 Å². The molecule has 1 aliphatic heterocycles. The number of alkyl halides is 2. The Morgan fingerprint density at radius 1 is 1.44 bits per heavy atom. The fourth-order valence-electron chi connectivity index (χ4n) is 0.671. The molecular weight excluding hydrogens is 253 g/mol. The second-order valence-corrected chi connectivity index (χ2v) is 5.94. The van der Waals surface area contributed by atoms with Crippen LogP contribution in [0.2, 0.25) is 0 Å². The normalized spacial score (nSPS) is 26.8. The van der Waals surface area contributed by atoms with Crippen molar-refractivity contribution < 1.29 is 30.0 Å². The quantitative estimate of drug-likeness (QED) is 0.303. The summed E-state index contributed by atoms with van der Waals surface area (Å²) in [5.74, 6) is 0. The van der Waals surface area contributed by atoms with Gasteiger partial charge in [0.2, 0.25) is 0 Å². The third-order valence-corrected chi connectivity index (χ3v) is 4.45. The maximum absolute atomic E-state index is 10.4. The van der Waals surface area contributed by atoms with Gasteiger partial charge in [-0.05, 0) is 0 Å². The molecule has 3 nitrogen and oxygen atoms in total. The van der Waals surface area contributed by atoms with Crippen molar-refractivity contribution in [1.82, 2.24) is 4.31 Å². The predicted molar refractivity (Wildman–Crippen MR) is 32.1 cm³/mol. The average Bonchev–Trinajstić information content (AvgIpc) is 1.90. The van der Waals surface area contributed by atoms with Crippen molar-refractivity contribution in [3.05, 3.63) is 0 Å². The van der Waals surface area contributed by atoms with Crippen LogP contribution in [-0.2, 0) is 11.3 Å². The molecule has 1 saturated heterocycles. The molecule has 0 aromatic heterocycles. The third-order valence-electron chi connectivity index (χ3n) is 1.16. The molecule has 1 heterocycles. The summed E-state index contributed by atoms with van der Waals surface area (Å²) >= 11 is -1.33. The predicted octanol–water partition coefficient (Wildman–Crippen LogP) is -3.47. The van der Waals surface area contributed by atoms with Crippen LogP contribution in [0.1, 0.15) is 0 Å². The second-order valence-electron chi connectivity index (χ2n) is 1.73. The third kappa shape index (κ3) is 2.48. The standard InChI is InChI=1S/C4H9INO2S/c7-9(8)6-3-1-5-2-4-6/h1-4H2,(H,7,8)/q-1. The van der Waals surface area contributed by atoms with Crippen LogP contribution in [0.15, 0.2) is 0 Å². The summed E-state index contributed by atoms with van der Waals surface area (Å²) in [6.07, 6.45) is 0. The van der Waals surface area contributed by atoms with Gasteiger partial charge in [0.15, 0.2) is 0 Å². The van der Waals surface area contributed by atoms with Crippen LogP contribution in [0.25, 0.3) is 0 Å². The average molecular weight is 262 g/mol. The van der Waals surface area contributed by atoms with E-state index in [-0.39, 0.29) is 0 Å². The van der Waals surface area contributed by atoms with E-state index in [1.165, 1.54) is 8.86 Å². The van der Waals surface area contributed by atoms with E-state index < -0.39 is 11.3 Å². The van der Waals surface area contributed by atoms with Crippen molar-refractivity contribution in [1.29, 1.82) is 0 Å². The number of nitrogens with zero attached hydrogens (tertiary/aromatic N) is 1. The first kappa shape index (κ1) is 7.90. The summed E-state index contributed by atoms with van der Waals surface area (Å²) in [4.78, 5) is 0.